The molecule has 92 valence electrons. The van der Waals surface area contributed by atoms with Crippen molar-refractivity contribution in [3.8, 4) is 11.8 Å². The summed E-state index contributed by atoms with van der Waals surface area (Å²) in [7, 11) is 0. The first kappa shape index (κ1) is 15.2. The van der Waals surface area contributed by atoms with E-state index in [0.29, 0.717) is 6.42 Å². The lowest BCUT2D eigenvalue weighted by Crippen LogP contribution is -2.10. The Morgan fingerprint density at radius 1 is 1.65 bits per heavy atom. The van der Waals surface area contributed by atoms with Crippen LogP contribution in [0.2, 0.25) is 0 Å². The molecule has 17 heavy (non-hydrogen) atoms. The molecule has 3 N–H and O–H groups in total. The molecule has 7 heteroatoms. The second kappa shape index (κ2) is 6.03. The molecule has 0 heterocycles. The number of nitrogens with zero attached hydrogens (tertiary/aromatic N) is 2. The van der Waals surface area contributed by atoms with Crippen molar-refractivity contribution >= 4 is 18.1 Å². The maximum atomic E-state index is 10.6. The largest absolute Gasteiger partial charge is 0.502 e. The van der Waals surface area contributed by atoms with Crippen LogP contribution >= 0.6 is 12.4 Å². The third kappa shape index (κ3) is 3.06. The molecule has 1 aromatic rings. The van der Waals surface area contributed by atoms with E-state index in [0.717, 1.165) is 6.07 Å². The molecule has 0 saturated heterocycles. The van der Waals surface area contributed by atoms with Gasteiger partial charge in [-0.3, -0.25) is 10.1 Å². The highest BCUT2D eigenvalue weighted by Gasteiger charge is 2.21. The Morgan fingerprint density at radius 3 is 2.65 bits per heavy atom. The van der Waals surface area contributed by atoms with Crippen molar-refractivity contribution < 1.29 is 10.0 Å². The molecule has 0 saturated carbocycles. The van der Waals surface area contributed by atoms with Crippen LogP contribution < -0.4 is 5.73 Å². The van der Waals surface area contributed by atoms with Crippen LogP contribution in [0.3, 0.4) is 0 Å². The molecule has 1 atom stereocenters. The average Bonchev–Trinajstić information content (AvgIpc) is 2.28. The highest BCUT2D eigenvalue weighted by atomic mass is 35.5. The molecule has 1 aromatic carbocycles. The smallest absolute Gasteiger partial charge is 0.312 e. The Balaban J connectivity index is 0.00000256. The number of nitriles is 1. The van der Waals surface area contributed by atoms with Gasteiger partial charge in [0, 0.05) is 17.7 Å². The molecule has 0 amide bonds. The highest BCUT2D eigenvalue weighted by Crippen LogP contribution is 2.34. The first-order chi connectivity index (χ1) is 7.51. The SMILES string of the molecule is CC[C@@H](N)c1cc(C#N)cc([N+](=O)[O-])c1O.Cl. The lowest BCUT2D eigenvalue weighted by Gasteiger charge is -2.11. The Kier molecular flexibility index (Phi) is 5.38. The van der Waals surface area contributed by atoms with Crippen LogP contribution in [0.5, 0.6) is 5.75 Å². The molecule has 0 aromatic heterocycles. The zero-order valence-electron chi connectivity index (χ0n) is 9.08. The van der Waals surface area contributed by atoms with Gasteiger partial charge in [0.2, 0.25) is 0 Å². The summed E-state index contributed by atoms with van der Waals surface area (Å²) in [5, 5.41) is 29.0. The molecule has 0 unspecified atom stereocenters. The van der Waals surface area contributed by atoms with Crippen molar-refractivity contribution in [2.45, 2.75) is 19.4 Å². The minimum absolute atomic E-state index is 0. The number of phenolic OH excluding ortho intramolecular Hbond substituents is 1. The topological polar surface area (TPSA) is 113 Å². The van der Waals surface area contributed by atoms with Crippen LogP contribution in [0, 0.1) is 21.4 Å². The summed E-state index contributed by atoms with van der Waals surface area (Å²) >= 11 is 0. The summed E-state index contributed by atoms with van der Waals surface area (Å²) in [6.07, 6.45) is 0.513. The monoisotopic (exact) mass is 257 g/mol. The summed E-state index contributed by atoms with van der Waals surface area (Å²) < 4.78 is 0. The molecule has 0 aliphatic rings. The highest BCUT2D eigenvalue weighted by molar-refractivity contribution is 5.85. The molecule has 0 spiro atoms. The van der Waals surface area contributed by atoms with Gasteiger partial charge in [-0.1, -0.05) is 6.92 Å². The second-order valence-electron chi connectivity index (χ2n) is 3.32. The fraction of sp³-hybridized carbons (Fsp3) is 0.300. The van der Waals surface area contributed by atoms with E-state index in [-0.39, 0.29) is 23.5 Å². The minimum atomic E-state index is -0.734. The van der Waals surface area contributed by atoms with Gasteiger partial charge >= 0.3 is 5.69 Å². The average molecular weight is 258 g/mol. The molecule has 6 nitrogen and oxygen atoms in total. The third-order valence-corrected chi connectivity index (χ3v) is 2.28. The number of aromatic hydroxyl groups is 1. The van der Waals surface area contributed by atoms with Gasteiger partial charge in [0.1, 0.15) is 0 Å². The van der Waals surface area contributed by atoms with Crippen molar-refractivity contribution in [2.24, 2.45) is 5.73 Å². The quantitative estimate of drug-likeness (QED) is 0.635. The van der Waals surface area contributed by atoms with Crippen molar-refractivity contribution in [3.63, 3.8) is 0 Å². The van der Waals surface area contributed by atoms with Gasteiger partial charge in [-0.05, 0) is 12.5 Å². The predicted octanol–water partition coefficient (Wildman–Crippen LogP) is 2.00. The van der Waals surface area contributed by atoms with Crippen LogP contribution in [0.15, 0.2) is 12.1 Å². The normalized spacial score (nSPS) is 11.1. The number of nitro benzene ring substituents is 1. The molecule has 0 aliphatic carbocycles. The van der Waals surface area contributed by atoms with Crippen LogP contribution in [0.1, 0.15) is 30.5 Å². The first-order valence-corrected chi connectivity index (χ1v) is 4.68. The number of benzene rings is 1. The van der Waals surface area contributed by atoms with E-state index < -0.39 is 22.4 Å². The molecular formula is C10H12ClN3O3. The number of halogens is 1. The van der Waals surface area contributed by atoms with Crippen LogP contribution in [0.25, 0.3) is 0 Å². The molecule has 0 aliphatic heterocycles. The van der Waals surface area contributed by atoms with E-state index >= 15 is 0 Å². The number of rotatable bonds is 3. The van der Waals surface area contributed by atoms with E-state index in [1.54, 1.807) is 13.0 Å². The third-order valence-electron chi connectivity index (χ3n) is 2.28. The maximum absolute atomic E-state index is 10.6. The van der Waals surface area contributed by atoms with Crippen molar-refractivity contribution in [3.05, 3.63) is 33.4 Å². The number of nitro groups is 1. The van der Waals surface area contributed by atoms with E-state index in [1.807, 2.05) is 0 Å². The second-order valence-corrected chi connectivity index (χ2v) is 3.32. The molecule has 0 fully saturated rings. The number of phenols is 1. The van der Waals surface area contributed by atoms with Gasteiger partial charge < -0.3 is 10.8 Å². The van der Waals surface area contributed by atoms with Crippen LogP contribution in [0.4, 0.5) is 5.69 Å². The maximum Gasteiger partial charge on any atom is 0.312 e. The van der Waals surface area contributed by atoms with Gasteiger partial charge in [0.15, 0.2) is 5.75 Å². The van der Waals surface area contributed by atoms with E-state index in [2.05, 4.69) is 0 Å². The first-order valence-electron chi connectivity index (χ1n) is 4.68. The lowest BCUT2D eigenvalue weighted by molar-refractivity contribution is -0.386. The molecular weight excluding hydrogens is 246 g/mol. The minimum Gasteiger partial charge on any atom is -0.502 e. The molecule has 0 radical (unpaired) electrons. The van der Waals surface area contributed by atoms with E-state index in [1.165, 1.54) is 6.07 Å². The fourth-order valence-corrected chi connectivity index (χ4v) is 1.35. The number of nitrogens with two attached hydrogens (primary N) is 1. The summed E-state index contributed by atoms with van der Waals surface area (Å²) in [4.78, 5) is 9.91. The Morgan fingerprint density at radius 2 is 2.24 bits per heavy atom. The fourth-order valence-electron chi connectivity index (χ4n) is 1.35. The number of hydrogen-bond acceptors (Lipinski definition) is 5. The molecule has 0 bridgehead atoms. The Labute approximate surface area is 104 Å². The summed E-state index contributed by atoms with van der Waals surface area (Å²) in [5.41, 5.74) is 5.55. The zero-order chi connectivity index (χ0) is 12.3. The van der Waals surface area contributed by atoms with Crippen molar-refractivity contribution in [1.82, 2.24) is 0 Å². The van der Waals surface area contributed by atoms with Gasteiger partial charge in [0.25, 0.3) is 0 Å². The lowest BCUT2D eigenvalue weighted by atomic mass is 10.0. The van der Waals surface area contributed by atoms with Gasteiger partial charge in [-0.25, -0.2) is 0 Å². The van der Waals surface area contributed by atoms with Gasteiger partial charge in [0.05, 0.1) is 16.6 Å². The van der Waals surface area contributed by atoms with Crippen LogP contribution in [-0.4, -0.2) is 10.0 Å². The molecule has 1 rings (SSSR count). The van der Waals surface area contributed by atoms with E-state index in [4.69, 9.17) is 11.0 Å². The van der Waals surface area contributed by atoms with Crippen molar-refractivity contribution in [2.75, 3.05) is 0 Å². The van der Waals surface area contributed by atoms with E-state index in [9.17, 15) is 15.2 Å². The summed E-state index contributed by atoms with van der Waals surface area (Å²) in [6, 6.07) is 3.68. The predicted molar refractivity (Wildman–Crippen MR) is 63.9 cm³/mol. The summed E-state index contributed by atoms with van der Waals surface area (Å²) in [5.74, 6) is -0.460. The van der Waals surface area contributed by atoms with Gasteiger partial charge in [-0.15, -0.1) is 12.4 Å². The Bertz CT molecular complexity index is 471. The van der Waals surface area contributed by atoms with Crippen LogP contribution in [-0.2, 0) is 0 Å². The standard InChI is InChI=1S/C10H11N3O3.ClH/c1-2-8(12)7-3-6(5-11)4-9(10(7)14)13(15)16;/h3-4,8,14H,2,12H2,1H3;1H/t8-;/m1./s1. The zero-order valence-corrected chi connectivity index (χ0v) is 9.90. The van der Waals surface area contributed by atoms with Crippen molar-refractivity contribution in [1.29, 1.82) is 5.26 Å². The van der Waals surface area contributed by atoms with Gasteiger partial charge in [-0.2, -0.15) is 5.26 Å². The summed E-state index contributed by atoms with van der Waals surface area (Å²) in [6.45, 7) is 1.79. The number of hydrogen-bond donors (Lipinski definition) is 2. The Hall–Kier alpha value is -1.84.